The van der Waals surface area contributed by atoms with Gasteiger partial charge in [0, 0.05) is 31.9 Å². The lowest BCUT2D eigenvalue weighted by Gasteiger charge is -2.39. The lowest BCUT2D eigenvalue weighted by atomic mass is 9.87. The third kappa shape index (κ3) is 4.48. The maximum atomic E-state index is 13.5. The van der Waals surface area contributed by atoms with Gasteiger partial charge in [0.1, 0.15) is 0 Å². The van der Waals surface area contributed by atoms with Crippen LogP contribution in [-0.4, -0.2) is 59.8 Å². The molecule has 2 heterocycles. The lowest BCUT2D eigenvalue weighted by molar-refractivity contribution is -0.134. The minimum atomic E-state index is -0.168. The molecule has 1 atom stereocenters. The van der Waals surface area contributed by atoms with Gasteiger partial charge in [-0.15, -0.1) is 0 Å². The summed E-state index contributed by atoms with van der Waals surface area (Å²) in [6.07, 6.45) is 4.59. The summed E-state index contributed by atoms with van der Waals surface area (Å²) in [5, 5.41) is 4.22. The van der Waals surface area contributed by atoms with Crippen LogP contribution < -0.4 is 9.47 Å². The van der Waals surface area contributed by atoms with Crippen molar-refractivity contribution in [1.29, 1.82) is 0 Å². The number of fused-ring (bicyclic) bond motifs is 1. The van der Waals surface area contributed by atoms with Crippen molar-refractivity contribution in [3.8, 4) is 11.5 Å². The monoisotopic (exact) mass is 434 g/mol. The van der Waals surface area contributed by atoms with Gasteiger partial charge in [0.05, 0.1) is 33.0 Å². The van der Waals surface area contributed by atoms with Crippen molar-refractivity contribution >= 4 is 5.91 Å². The van der Waals surface area contributed by atoms with Crippen molar-refractivity contribution in [1.82, 2.24) is 19.6 Å². The lowest BCUT2D eigenvalue weighted by Crippen LogP contribution is -2.44. The highest BCUT2D eigenvalue weighted by Crippen LogP contribution is 2.41. The number of rotatable bonds is 7. The van der Waals surface area contributed by atoms with E-state index in [2.05, 4.69) is 17.2 Å². The second-order valence-electron chi connectivity index (χ2n) is 8.25. The Morgan fingerprint density at radius 3 is 2.53 bits per heavy atom. The van der Waals surface area contributed by atoms with Crippen molar-refractivity contribution in [2.45, 2.75) is 19.0 Å². The van der Waals surface area contributed by atoms with Gasteiger partial charge < -0.3 is 14.4 Å². The fourth-order valence-electron chi connectivity index (χ4n) is 4.45. The average molecular weight is 435 g/mol. The number of likely N-dealkylation sites (N-methyl/N-ethyl adjacent to an activating group) is 1. The predicted octanol–water partition coefficient (Wildman–Crippen LogP) is 3.04. The molecule has 1 amide bonds. The number of hydrogen-bond acceptors (Lipinski definition) is 5. The van der Waals surface area contributed by atoms with Gasteiger partial charge in [0.25, 0.3) is 0 Å². The Morgan fingerprint density at radius 2 is 1.88 bits per heavy atom. The first-order valence-corrected chi connectivity index (χ1v) is 10.8. The van der Waals surface area contributed by atoms with Crippen LogP contribution in [0.15, 0.2) is 54.9 Å². The van der Waals surface area contributed by atoms with Crippen LogP contribution in [-0.2, 0) is 24.8 Å². The normalized spacial score (nSPS) is 15.5. The number of amides is 1. The number of aromatic nitrogens is 2. The van der Waals surface area contributed by atoms with E-state index in [1.54, 1.807) is 18.9 Å². The number of methoxy groups -OCH3 is 2. The summed E-state index contributed by atoms with van der Waals surface area (Å²) in [4.78, 5) is 17.5. The van der Waals surface area contributed by atoms with E-state index in [4.69, 9.17) is 9.47 Å². The molecule has 0 saturated heterocycles. The van der Waals surface area contributed by atoms with Crippen LogP contribution >= 0.6 is 0 Å². The van der Waals surface area contributed by atoms with Gasteiger partial charge >= 0.3 is 0 Å². The summed E-state index contributed by atoms with van der Waals surface area (Å²) in [6.45, 7) is 1.66. The van der Waals surface area contributed by atoms with Gasteiger partial charge in [0.15, 0.2) is 11.5 Å². The van der Waals surface area contributed by atoms with Crippen LogP contribution in [0.5, 0.6) is 11.5 Å². The van der Waals surface area contributed by atoms with Crippen LogP contribution in [0.3, 0.4) is 0 Å². The van der Waals surface area contributed by atoms with Gasteiger partial charge in [-0.3, -0.25) is 14.4 Å². The predicted molar refractivity (Wildman–Crippen MR) is 123 cm³/mol. The Kier molecular flexibility index (Phi) is 6.46. The summed E-state index contributed by atoms with van der Waals surface area (Å²) in [5.41, 5.74) is 4.44. The molecule has 0 bridgehead atoms. The van der Waals surface area contributed by atoms with Gasteiger partial charge in [-0.25, -0.2) is 0 Å². The molecule has 168 valence electrons. The van der Waals surface area contributed by atoms with Crippen molar-refractivity contribution in [2.75, 3.05) is 34.4 Å². The molecule has 7 nitrogen and oxygen atoms in total. The Morgan fingerprint density at radius 1 is 1.16 bits per heavy atom. The zero-order valence-electron chi connectivity index (χ0n) is 19.1. The van der Waals surface area contributed by atoms with Gasteiger partial charge in [-0.2, -0.15) is 5.10 Å². The fraction of sp³-hybridized carbons (Fsp3) is 0.360. The molecule has 0 radical (unpaired) electrons. The Hall–Kier alpha value is -3.32. The first kappa shape index (κ1) is 21.9. The maximum Gasteiger partial charge on any atom is 0.237 e. The van der Waals surface area contributed by atoms with Crippen LogP contribution in [0.1, 0.15) is 28.3 Å². The molecule has 0 aliphatic carbocycles. The molecule has 32 heavy (non-hydrogen) atoms. The van der Waals surface area contributed by atoms with Gasteiger partial charge in [-0.1, -0.05) is 30.3 Å². The summed E-state index contributed by atoms with van der Waals surface area (Å²) < 4.78 is 12.9. The molecular weight excluding hydrogens is 404 g/mol. The highest BCUT2D eigenvalue weighted by atomic mass is 16.5. The van der Waals surface area contributed by atoms with E-state index in [0.29, 0.717) is 31.1 Å². The number of aryl methyl sites for hydroxylation is 1. The van der Waals surface area contributed by atoms with E-state index in [1.165, 1.54) is 5.56 Å². The quantitative estimate of drug-likeness (QED) is 0.572. The molecule has 0 saturated carbocycles. The smallest absolute Gasteiger partial charge is 0.237 e. The summed E-state index contributed by atoms with van der Waals surface area (Å²) >= 11 is 0. The van der Waals surface area contributed by atoms with E-state index in [0.717, 1.165) is 23.1 Å². The summed E-state index contributed by atoms with van der Waals surface area (Å²) in [5.74, 6) is 1.50. The fourth-order valence-corrected chi connectivity index (χ4v) is 4.45. The molecule has 2 aromatic carbocycles. The Bertz CT molecular complexity index is 1080. The second kappa shape index (κ2) is 9.44. The standard InChI is InChI=1S/C25H30N4O3/c1-27(15-18-14-26-28(2)16-18)17-24(30)29-11-10-20-12-22(31-3)23(32-4)13-21(20)25(29)19-8-6-5-7-9-19/h5-9,12-14,16,25H,10-11,15,17H2,1-4H3. The maximum absolute atomic E-state index is 13.5. The molecule has 1 unspecified atom stereocenters. The number of carbonyl (C=O) groups is 1. The first-order chi connectivity index (χ1) is 15.5. The number of carbonyl (C=O) groups excluding carboxylic acids is 1. The zero-order chi connectivity index (χ0) is 22.7. The van der Waals surface area contributed by atoms with Crippen molar-refractivity contribution < 1.29 is 14.3 Å². The summed E-state index contributed by atoms with van der Waals surface area (Å²) in [6, 6.07) is 14.1. The summed E-state index contributed by atoms with van der Waals surface area (Å²) in [7, 11) is 7.15. The minimum absolute atomic E-state index is 0.102. The highest BCUT2D eigenvalue weighted by molar-refractivity contribution is 5.80. The molecule has 0 spiro atoms. The number of ether oxygens (including phenoxy) is 2. The van der Waals surface area contributed by atoms with Crippen LogP contribution in [0, 0.1) is 0 Å². The Labute approximate surface area is 189 Å². The van der Waals surface area contributed by atoms with Crippen LogP contribution in [0.4, 0.5) is 0 Å². The van der Waals surface area contributed by atoms with E-state index >= 15 is 0 Å². The molecule has 0 fully saturated rings. The van der Waals surface area contributed by atoms with E-state index in [9.17, 15) is 4.79 Å². The van der Waals surface area contributed by atoms with E-state index < -0.39 is 0 Å². The molecule has 0 N–H and O–H groups in total. The molecule has 3 aromatic rings. The average Bonchev–Trinajstić information content (AvgIpc) is 3.21. The molecule has 7 heteroatoms. The molecule has 1 aromatic heterocycles. The van der Waals surface area contributed by atoms with E-state index in [1.807, 2.05) is 66.6 Å². The van der Waals surface area contributed by atoms with E-state index in [-0.39, 0.29) is 11.9 Å². The van der Waals surface area contributed by atoms with Gasteiger partial charge in [0.2, 0.25) is 5.91 Å². The largest absolute Gasteiger partial charge is 0.493 e. The van der Waals surface area contributed by atoms with Crippen LogP contribution in [0.2, 0.25) is 0 Å². The molecular formula is C25H30N4O3. The third-order valence-electron chi connectivity index (χ3n) is 5.93. The minimum Gasteiger partial charge on any atom is -0.493 e. The zero-order valence-corrected chi connectivity index (χ0v) is 19.1. The van der Waals surface area contributed by atoms with Crippen molar-refractivity contribution in [3.05, 3.63) is 77.1 Å². The van der Waals surface area contributed by atoms with Crippen LogP contribution in [0.25, 0.3) is 0 Å². The number of hydrogen-bond donors (Lipinski definition) is 0. The second-order valence-corrected chi connectivity index (χ2v) is 8.25. The molecule has 1 aliphatic heterocycles. The van der Waals surface area contributed by atoms with Crippen molar-refractivity contribution in [2.24, 2.45) is 7.05 Å². The molecule has 1 aliphatic rings. The molecule has 4 rings (SSSR count). The SMILES string of the molecule is COc1cc2c(cc1OC)C(c1ccccc1)N(C(=O)CN(C)Cc1cnn(C)c1)CC2. The Balaban J connectivity index is 1.63. The first-order valence-electron chi connectivity index (χ1n) is 10.8. The van der Waals surface area contributed by atoms with Crippen molar-refractivity contribution in [3.63, 3.8) is 0 Å². The number of benzene rings is 2. The highest BCUT2D eigenvalue weighted by Gasteiger charge is 2.33. The van der Waals surface area contributed by atoms with Gasteiger partial charge in [-0.05, 0) is 42.3 Å². The number of nitrogens with zero attached hydrogens (tertiary/aromatic N) is 4. The third-order valence-corrected chi connectivity index (χ3v) is 5.93. The topological polar surface area (TPSA) is 59.8 Å².